The van der Waals surface area contributed by atoms with Gasteiger partial charge in [-0.15, -0.1) is 0 Å². The molecule has 4 N–H and O–H groups in total. The maximum atomic E-state index is 12.3. The first-order valence-electron chi connectivity index (χ1n) is 8.58. The topological polar surface area (TPSA) is 106 Å². The lowest BCUT2D eigenvalue weighted by Gasteiger charge is -2.31. The Kier molecular flexibility index (Phi) is 6.12. The highest BCUT2D eigenvalue weighted by Crippen LogP contribution is 2.18. The molecule has 1 saturated heterocycles. The number of amides is 4. The van der Waals surface area contributed by atoms with Crippen LogP contribution in [0.1, 0.15) is 23.3 Å². The molecule has 2 aromatic rings. The zero-order valence-electron chi connectivity index (χ0n) is 14.5. The quantitative estimate of drug-likeness (QED) is 0.558. The average Bonchev–Trinajstić information content (AvgIpc) is 3.13. The fourth-order valence-corrected chi connectivity index (χ4v) is 3.20. The van der Waals surface area contributed by atoms with Crippen LogP contribution in [0.3, 0.4) is 0 Å². The number of hydrogen-bond donors (Lipinski definition) is 4. The van der Waals surface area contributed by atoms with E-state index in [-0.39, 0.29) is 17.9 Å². The lowest BCUT2D eigenvalue weighted by atomic mass is 9.96. The van der Waals surface area contributed by atoms with Gasteiger partial charge in [0.2, 0.25) is 5.91 Å². The summed E-state index contributed by atoms with van der Waals surface area (Å²) in [6.45, 7) is 0.961. The fraction of sp³-hybridized carbons (Fsp3) is 0.278. The zero-order chi connectivity index (χ0) is 19.2. The Bertz CT molecular complexity index is 815. The van der Waals surface area contributed by atoms with E-state index in [1.165, 1.54) is 0 Å². The van der Waals surface area contributed by atoms with E-state index in [1.807, 2.05) is 30.3 Å². The van der Waals surface area contributed by atoms with Gasteiger partial charge in [-0.25, -0.2) is 4.79 Å². The van der Waals surface area contributed by atoms with Crippen LogP contribution in [0, 0.1) is 5.92 Å². The zero-order valence-corrected chi connectivity index (χ0v) is 16.1. The summed E-state index contributed by atoms with van der Waals surface area (Å²) in [7, 11) is 0. The number of urea groups is 1. The van der Waals surface area contributed by atoms with Crippen molar-refractivity contribution < 1.29 is 14.4 Å². The molecule has 0 unspecified atom stereocenters. The Morgan fingerprint density at radius 1 is 1.07 bits per heavy atom. The van der Waals surface area contributed by atoms with Crippen LogP contribution in [0.2, 0.25) is 0 Å². The minimum absolute atomic E-state index is 0.175. The highest BCUT2D eigenvalue weighted by molar-refractivity contribution is 9.10. The van der Waals surface area contributed by atoms with Gasteiger partial charge in [0.05, 0.1) is 0 Å². The van der Waals surface area contributed by atoms with E-state index in [1.54, 1.807) is 17.2 Å². The molecule has 1 aliphatic heterocycles. The molecule has 0 radical (unpaired) electrons. The maximum absolute atomic E-state index is 12.3. The molecule has 27 heavy (non-hydrogen) atoms. The van der Waals surface area contributed by atoms with Crippen molar-refractivity contribution in [3.05, 3.63) is 52.8 Å². The number of benzene rings is 1. The van der Waals surface area contributed by atoms with Crippen LogP contribution in [-0.4, -0.2) is 40.8 Å². The van der Waals surface area contributed by atoms with E-state index in [4.69, 9.17) is 0 Å². The summed E-state index contributed by atoms with van der Waals surface area (Å²) in [6.07, 6.45) is 2.71. The number of aromatic nitrogens is 1. The Hall–Kier alpha value is -2.81. The van der Waals surface area contributed by atoms with Gasteiger partial charge in [-0.05, 0) is 47.0 Å². The first kappa shape index (κ1) is 19.0. The molecular weight excluding hydrogens is 414 g/mol. The van der Waals surface area contributed by atoms with Crippen LogP contribution in [0.4, 0.5) is 10.5 Å². The lowest BCUT2D eigenvalue weighted by molar-refractivity contribution is -0.127. The van der Waals surface area contributed by atoms with Gasteiger partial charge in [0.25, 0.3) is 5.91 Å². The molecular formula is C18H20BrN5O3. The minimum Gasteiger partial charge on any atom is -0.356 e. The molecule has 0 bridgehead atoms. The smallest absolute Gasteiger partial charge is 0.321 e. The number of aromatic amines is 1. The van der Waals surface area contributed by atoms with Crippen molar-refractivity contribution >= 4 is 39.5 Å². The van der Waals surface area contributed by atoms with Crippen molar-refractivity contribution in [3.8, 4) is 0 Å². The standard InChI is InChI=1S/C18H20BrN5O3/c19-13-10-15(20-11-13)17(26)23-22-16(25)12-6-8-24(9-7-12)18(27)21-14-4-2-1-3-5-14/h1-5,10-12,20H,6-9H2,(H,21,27)(H,22,25)(H,23,26). The fourth-order valence-electron chi connectivity index (χ4n) is 2.86. The number of H-pyrrole nitrogens is 1. The molecule has 0 atom stereocenters. The van der Waals surface area contributed by atoms with E-state index in [0.29, 0.717) is 31.6 Å². The van der Waals surface area contributed by atoms with Crippen molar-refractivity contribution in [1.29, 1.82) is 0 Å². The van der Waals surface area contributed by atoms with Gasteiger partial charge >= 0.3 is 6.03 Å². The first-order chi connectivity index (χ1) is 13.0. The number of nitrogens with zero attached hydrogens (tertiary/aromatic N) is 1. The van der Waals surface area contributed by atoms with Crippen LogP contribution in [0.5, 0.6) is 0 Å². The molecule has 1 aliphatic rings. The average molecular weight is 434 g/mol. The van der Waals surface area contributed by atoms with Crippen molar-refractivity contribution in [2.24, 2.45) is 5.92 Å². The summed E-state index contributed by atoms with van der Waals surface area (Å²) in [4.78, 5) is 40.9. The van der Waals surface area contributed by atoms with Crippen molar-refractivity contribution in [1.82, 2.24) is 20.7 Å². The number of hydrazine groups is 1. The van der Waals surface area contributed by atoms with Crippen molar-refractivity contribution in [3.63, 3.8) is 0 Å². The van der Waals surface area contributed by atoms with E-state index >= 15 is 0 Å². The van der Waals surface area contributed by atoms with Crippen LogP contribution < -0.4 is 16.2 Å². The third-order valence-electron chi connectivity index (χ3n) is 4.37. The van der Waals surface area contributed by atoms with Crippen LogP contribution >= 0.6 is 15.9 Å². The number of halogens is 1. The molecule has 3 rings (SSSR count). The molecule has 0 spiro atoms. The Labute approximate surface area is 164 Å². The third-order valence-corrected chi connectivity index (χ3v) is 4.83. The number of likely N-dealkylation sites (tertiary alicyclic amines) is 1. The molecule has 4 amide bonds. The Morgan fingerprint density at radius 2 is 1.78 bits per heavy atom. The van der Waals surface area contributed by atoms with Crippen LogP contribution in [-0.2, 0) is 4.79 Å². The molecule has 0 saturated carbocycles. The highest BCUT2D eigenvalue weighted by atomic mass is 79.9. The summed E-state index contributed by atoms with van der Waals surface area (Å²) < 4.78 is 0.750. The van der Waals surface area contributed by atoms with E-state index in [0.717, 1.165) is 10.2 Å². The predicted octanol–water partition coefficient (Wildman–Crippen LogP) is 2.48. The largest absolute Gasteiger partial charge is 0.356 e. The molecule has 1 aromatic carbocycles. The normalized spacial score (nSPS) is 14.5. The van der Waals surface area contributed by atoms with Crippen molar-refractivity contribution in [2.75, 3.05) is 18.4 Å². The monoisotopic (exact) mass is 433 g/mol. The van der Waals surface area contributed by atoms with Gasteiger partial charge in [0.15, 0.2) is 0 Å². The van der Waals surface area contributed by atoms with Gasteiger partial charge in [-0.2, -0.15) is 0 Å². The summed E-state index contributed by atoms with van der Waals surface area (Å²) in [5.41, 5.74) is 5.92. The minimum atomic E-state index is -0.422. The molecule has 2 heterocycles. The van der Waals surface area contributed by atoms with Gasteiger partial charge in [0.1, 0.15) is 5.69 Å². The van der Waals surface area contributed by atoms with E-state index in [9.17, 15) is 14.4 Å². The van der Waals surface area contributed by atoms with Gasteiger partial charge in [0, 0.05) is 35.4 Å². The van der Waals surface area contributed by atoms with Gasteiger partial charge < -0.3 is 15.2 Å². The Balaban J connectivity index is 1.42. The molecule has 1 aromatic heterocycles. The number of rotatable bonds is 3. The number of para-hydroxylation sites is 1. The van der Waals surface area contributed by atoms with Crippen molar-refractivity contribution in [2.45, 2.75) is 12.8 Å². The number of anilines is 1. The summed E-state index contributed by atoms with van der Waals surface area (Å²) in [6, 6.07) is 10.7. The molecule has 9 heteroatoms. The SMILES string of the molecule is O=C(NNC(=O)C1CCN(C(=O)Nc2ccccc2)CC1)c1cc(Br)c[nH]1. The maximum Gasteiger partial charge on any atom is 0.321 e. The summed E-state index contributed by atoms with van der Waals surface area (Å²) in [5.74, 6) is -0.924. The number of carbonyl (C=O) groups is 3. The first-order valence-corrected chi connectivity index (χ1v) is 9.37. The van der Waals surface area contributed by atoms with Gasteiger partial charge in [-0.1, -0.05) is 18.2 Å². The third kappa shape index (κ3) is 5.10. The molecule has 142 valence electrons. The summed E-state index contributed by atoms with van der Waals surface area (Å²) >= 11 is 3.25. The Morgan fingerprint density at radius 3 is 2.41 bits per heavy atom. The number of carbonyl (C=O) groups excluding carboxylic acids is 3. The number of nitrogens with one attached hydrogen (secondary N) is 4. The molecule has 1 fully saturated rings. The van der Waals surface area contributed by atoms with Gasteiger partial charge in [-0.3, -0.25) is 20.4 Å². The predicted molar refractivity (Wildman–Crippen MR) is 104 cm³/mol. The lowest BCUT2D eigenvalue weighted by Crippen LogP contribution is -2.48. The molecule has 8 nitrogen and oxygen atoms in total. The molecule has 0 aliphatic carbocycles. The highest BCUT2D eigenvalue weighted by Gasteiger charge is 2.27. The van der Waals surface area contributed by atoms with E-state index < -0.39 is 5.91 Å². The van der Waals surface area contributed by atoms with Crippen LogP contribution in [0.15, 0.2) is 47.1 Å². The van der Waals surface area contributed by atoms with E-state index in [2.05, 4.69) is 37.1 Å². The van der Waals surface area contributed by atoms with Crippen LogP contribution in [0.25, 0.3) is 0 Å². The second-order valence-electron chi connectivity index (χ2n) is 6.23. The second-order valence-corrected chi connectivity index (χ2v) is 7.15. The summed E-state index contributed by atoms with van der Waals surface area (Å²) in [5, 5.41) is 2.84. The number of hydrogen-bond acceptors (Lipinski definition) is 3. The second kappa shape index (κ2) is 8.72. The number of piperidine rings is 1.